The SMILES string of the molecule is Cc1cnc(-c2cc(N3CCC4N=NSC4C3)ncc2Cl)c(C)c1. The summed E-state index contributed by atoms with van der Waals surface area (Å²) >= 11 is 8.00. The molecule has 5 nitrogen and oxygen atoms in total. The molecular weight excluding hydrogens is 342 g/mol. The van der Waals surface area contributed by atoms with Crippen molar-refractivity contribution in [3.05, 3.63) is 40.7 Å². The third kappa shape index (κ3) is 2.89. The zero-order valence-corrected chi connectivity index (χ0v) is 15.2. The van der Waals surface area contributed by atoms with E-state index in [0.29, 0.717) is 16.3 Å². The first-order valence-corrected chi connectivity index (χ1v) is 9.23. The zero-order valence-electron chi connectivity index (χ0n) is 13.6. The van der Waals surface area contributed by atoms with Crippen molar-refractivity contribution >= 4 is 29.4 Å². The Balaban J connectivity index is 1.66. The zero-order chi connectivity index (χ0) is 16.7. The Morgan fingerprint density at radius 1 is 1.21 bits per heavy atom. The predicted molar refractivity (Wildman–Crippen MR) is 98.8 cm³/mol. The van der Waals surface area contributed by atoms with E-state index in [-0.39, 0.29) is 0 Å². The number of piperidine rings is 1. The maximum absolute atomic E-state index is 6.42. The number of nitrogens with zero attached hydrogens (tertiary/aromatic N) is 5. The second-order valence-electron chi connectivity index (χ2n) is 6.34. The lowest BCUT2D eigenvalue weighted by atomic mass is 10.0. The number of hydrogen-bond donors (Lipinski definition) is 0. The number of aryl methyl sites for hydroxylation is 2. The van der Waals surface area contributed by atoms with Crippen molar-refractivity contribution < 1.29 is 0 Å². The van der Waals surface area contributed by atoms with Crippen LogP contribution in [0, 0.1) is 13.8 Å². The van der Waals surface area contributed by atoms with Gasteiger partial charge in [-0.15, -0.1) is 4.52 Å². The van der Waals surface area contributed by atoms with E-state index in [1.54, 1.807) is 18.1 Å². The molecule has 0 N–H and O–H groups in total. The molecule has 124 valence electrons. The molecule has 0 amide bonds. The number of anilines is 1. The molecule has 2 aliphatic heterocycles. The Hall–Kier alpha value is -1.66. The quantitative estimate of drug-likeness (QED) is 0.742. The summed E-state index contributed by atoms with van der Waals surface area (Å²) in [5, 5.41) is 5.36. The molecule has 0 saturated carbocycles. The van der Waals surface area contributed by atoms with Crippen LogP contribution in [0.3, 0.4) is 0 Å². The first kappa shape index (κ1) is 15.8. The van der Waals surface area contributed by atoms with Gasteiger partial charge in [0.25, 0.3) is 0 Å². The van der Waals surface area contributed by atoms with Crippen LogP contribution < -0.4 is 4.90 Å². The van der Waals surface area contributed by atoms with Crippen molar-refractivity contribution in [2.75, 3.05) is 18.0 Å². The van der Waals surface area contributed by atoms with Crippen molar-refractivity contribution in [3.63, 3.8) is 0 Å². The summed E-state index contributed by atoms with van der Waals surface area (Å²) in [6, 6.07) is 4.54. The van der Waals surface area contributed by atoms with Crippen LogP contribution in [-0.4, -0.2) is 34.3 Å². The van der Waals surface area contributed by atoms with Crippen molar-refractivity contribution in [1.82, 2.24) is 9.97 Å². The topological polar surface area (TPSA) is 53.7 Å². The summed E-state index contributed by atoms with van der Waals surface area (Å²) in [5.41, 5.74) is 4.13. The molecule has 1 saturated heterocycles. The number of halogens is 1. The standard InChI is InChI=1S/C17H18ClN5S/c1-10-5-11(2)17(20-7-10)12-6-16(19-8-13(12)18)23-4-3-14-15(9-23)24-22-21-14/h5-8,14-15H,3-4,9H2,1-2H3. The van der Waals surface area contributed by atoms with E-state index in [1.165, 1.54) is 0 Å². The normalized spacial score (nSPS) is 22.7. The maximum atomic E-state index is 6.42. The third-order valence-electron chi connectivity index (χ3n) is 4.54. The Bertz CT molecular complexity index is 810. The summed E-state index contributed by atoms with van der Waals surface area (Å²) in [5.74, 6) is 0.946. The number of pyridine rings is 2. The summed E-state index contributed by atoms with van der Waals surface area (Å²) in [4.78, 5) is 11.4. The average molecular weight is 360 g/mol. The molecule has 0 radical (unpaired) electrons. The summed E-state index contributed by atoms with van der Waals surface area (Å²) < 4.78 is 4.12. The fraction of sp³-hybridized carbons (Fsp3) is 0.412. The van der Waals surface area contributed by atoms with Gasteiger partial charge in [0.05, 0.1) is 22.0 Å². The highest BCUT2D eigenvalue weighted by Gasteiger charge is 2.34. The first-order chi connectivity index (χ1) is 11.6. The molecule has 0 spiro atoms. The molecule has 7 heteroatoms. The minimum atomic E-state index is 0.360. The van der Waals surface area contributed by atoms with Gasteiger partial charge < -0.3 is 4.90 Å². The first-order valence-electron chi connectivity index (χ1n) is 8.02. The minimum Gasteiger partial charge on any atom is -0.355 e. The second kappa shape index (κ2) is 6.33. The van der Waals surface area contributed by atoms with Gasteiger partial charge in [-0.3, -0.25) is 4.98 Å². The minimum absolute atomic E-state index is 0.360. The molecule has 2 aliphatic rings. The number of rotatable bonds is 2. The van der Waals surface area contributed by atoms with Crippen LogP contribution in [0.2, 0.25) is 5.02 Å². The number of aromatic nitrogens is 2. The Morgan fingerprint density at radius 2 is 2.08 bits per heavy atom. The van der Waals surface area contributed by atoms with Crippen LogP contribution in [0.5, 0.6) is 0 Å². The van der Waals surface area contributed by atoms with E-state index in [9.17, 15) is 0 Å². The van der Waals surface area contributed by atoms with Crippen molar-refractivity contribution in [2.45, 2.75) is 31.6 Å². The highest BCUT2D eigenvalue weighted by Crippen LogP contribution is 2.36. The molecule has 4 rings (SSSR count). The average Bonchev–Trinajstić information content (AvgIpc) is 3.03. The molecule has 1 fully saturated rings. The molecular formula is C17H18ClN5S. The van der Waals surface area contributed by atoms with E-state index in [0.717, 1.165) is 47.7 Å². The lowest BCUT2D eigenvalue weighted by molar-refractivity contribution is 0.514. The van der Waals surface area contributed by atoms with Crippen LogP contribution in [0.15, 0.2) is 34.2 Å². The van der Waals surface area contributed by atoms with E-state index in [4.69, 9.17) is 11.6 Å². The number of hydrogen-bond acceptors (Lipinski definition) is 6. The third-order valence-corrected chi connectivity index (χ3v) is 5.76. The predicted octanol–water partition coefficient (Wildman–Crippen LogP) is 4.48. The molecule has 24 heavy (non-hydrogen) atoms. The van der Waals surface area contributed by atoms with Crippen molar-refractivity contribution in [2.24, 2.45) is 9.63 Å². The molecule has 2 aromatic rings. The van der Waals surface area contributed by atoms with Crippen molar-refractivity contribution in [1.29, 1.82) is 0 Å². The van der Waals surface area contributed by atoms with Gasteiger partial charge in [-0.1, -0.05) is 17.7 Å². The van der Waals surface area contributed by atoms with E-state index < -0.39 is 0 Å². The van der Waals surface area contributed by atoms with Gasteiger partial charge in [-0.25, -0.2) is 4.98 Å². The summed E-state index contributed by atoms with van der Waals surface area (Å²) in [7, 11) is 0. The largest absolute Gasteiger partial charge is 0.355 e. The van der Waals surface area contributed by atoms with Crippen molar-refractivity contribution in [3.8, 4) is 11.3 Å². The Morgan fingerprint density at radius 3 is 2.92 bits per heavy atom. The van der Waals surface area contributed by atoms with Crippen LogP contribution in [0.25, 0.3) is 11.3 Å². The van der Waals surface area contributed by atoms with Gasteiger partial charge in [0.1, 0.15) is 5.82 Å². The highest BCUT2D eigenvalue weighted by molar-refractivity contribution is 7.98. The smallest absolute Gasteiger partial charge is 0.129 e. The number of fused-ring (bicyclic) bond motifs is 1. The molecule has 0 aromatic carbocycles. The van der Waals surface area contributed by atoms with Crippen LogP contribution in [-0.2, 0) is 0 Å². The lowest BCUT2D eigenvalue weighted by Crippen LogP contribution is -2.43. The van der Waals surface area contributed by atoms with Gasteiger partial charge in [0, 0.05) is 43.0 Å². The molecule has 2 atom stereocenters. The fourth-order valence-corrected chi connectivity index (χ4v) is 4.34. The maximum Gasteiger partial charge on any atom is 0.129 e. The molecule has 4 heterocycles. The molecule has 0 aliphatic carbocycles. The molecule has 2 aromatic heterocycles. The monoisotopic (exact) mass is 359 g/mol. The lowest BCUT2D eigenvalue weighted by Gasteiger charge is -2.33. The Kier molecular flexibility index (Phi) is 4.18. The van der Waals surface area contributed by atoms with Crippen LogP contribution >= 0.6 is 23.5 Å². The van der Waals surface area contributed by atoms with Gasteiger partial charge in [0.2, 0.25) is 0 Å². The van der Waals surface area contributed by atoms with Crippen LogP contribution in [0.4, 0.5) is 5.82 Å². The second-order valence-corrected chi connectivity index (χ2v) is 7.73. The van der Waals surface area contributed by atoms with Gasteiger partial charge in [0.15, 0.2) is 0 Å². The highest BCUT2D eigenvalue weighted by atomic mass is 35.5. The summed E-state index contributed by atoms with van der Waals surface area (Å²) in [6.07, 6.45) is 4.63. The van der Waals surface area contributed by atoms with E-state index in [1.807, 2.05) is 13.1 Å². The van der Waals surface area contributed by atoms with Gasteiger partial charge in [-0.05, 0) is 37.5 Å². The summed E-state index contributed by atoms with van der Waals surface area (Å²) in [6.45, 7) is 5.96. The Labute approximate surface area is 150 Å². The van der Waals surface area contributed by atoms with Crippen LogP contribution in [0.1, 0.15) is 17.5 Å². The fourth-order valence-electron chi connectivity index (χ4n) is 3.28. The van der Waals surface area contributed by atoms with E-state index in [2.05, 4.69) is 43.6 Å². The molecule has 2 unspecified atom stereocenters. The van der Waals surface area contributed by atoms with Gasteiger partial charge >= 0.3 is 0 Å². The van der Waals surface area contributed by atoms with E-state index >= 15 is 0 Å². The van der Waals surface area contributed by atoms with Gasteiger partial charge in [-0.2, -0.15) is 5.11 Å². The molecule has 0 bridgehead atoms.